The number of hydrogen-bond acceptors (Lipinski definition) is 3. The van der Waals surface area contributed by atoms with Crippen LogP contribution in [-0.2, 0) is 12.8 Å². The van der Waals surface area contributed by atoms with E-state index in [0.717, 1.165) is 30.6 Å². The molecule has 0 bridgehead atoms. The Bertz CT molecular complexity index is 646. The largest absolute Gasteiger partial charge is 0.496 e. The van der Waals surface area contributed by atoms with Crippen molar-refractivity contribution in [2.75, 3.05) is 7.11 Å². The Balaban J connectivity index is 2.17. The standard InChI is InChI=1S/C14H14N2O3/c1-19-12-6-5-8-3-2-4-9(8)13(12)10-7-11(14(17)18)16-15-10/h5-7H,2-4H2,1H3,(H,15,16)(H,17,18). The van der Waals surface area contributed by atoms with Gasteiger partial charge in [-0.05, 0) is 42.5 Å². The van der Waals surface area contributed by atoms with Crippen LogP contribution in [0, 0.1) is 0 Å². The summed E-state index contributed by atoms with van der Waals surface area (Å²) >= 11 is 0. The second-order valence-electron chi connectivity index (χ2n) is 4.61. The monoisotopic (exact) mass is 258 g/mol. The number of nitrogens with one attached hydrogen (secondary N) is 1. The summed E-state index contributed by atoms with van der Waals surface area (Å²) in [6.07, 6.45) is 3.16. The number of fused-ring (bicyclic) bond motifs is 1. The SMILES string of the molecule is COc1ccc2c(c1-c1cc(C(=O)O)[nH]n1)CCC2. The molecule has 1 aromatic heterocycles. The first-order valence-corrected chi connectivity index (χ1v) is 6.18. The number of aromatic nitrogens is 2. The summed E-state index contributed by atoms with van der Waals surface area (Å²) in [4.78, 5) is 10.9. The van der Waals surface area contributed by atoms with Crippen molar-refractivity contribution in [1.82, 2.24) is 10.2 Å². The molecule has 1 aromatic carbocycles. The molecule has 0 unspecified atom stereocenters. The van der Waals surface area contributed by atoms with Crippen molar-refractivity contribution < 1.29 is 14.6 Å². The number of aromatic amines is 1. The Morgan fingerprint density at radius 3 is 2.95 bits per heavy atom. The first-order valence-electron chi connectivity index (χ1n) is 6.18. The number of carboxylic acids is 1. The van der Waals surface area contributed by atoms with Gasteiger partial charge in [0.15, 0.2) is 0 Å². The minimum absolute atomic E-state index is 0.0904. The lowest BCUT2D eigenvalue weighted by Crippen LogP contribution is -1.95. The van der Waals surface area contributed by atoms with E-state index in [2.05, 4.69) is 16.3 Å². The number of carboxylic acid groups (broad SMARTS) is 1. The van der Waals surface area contributed by atoms with Crippen LogP contribution in [0.2, 0.25) is 0 Å². The Kier molecular flexibility index (Phi) is 2.74. The molecule has 0 radical (unpaired) electrons. The number of hydrogen-bond donors (Lipinski definition) is 2. The number of nitrogens with zero attached hydrogens (tertiary/aromatic N) is 1. The third kappa shape index (κ3) is 1.87. The summed E-state index contributed by atoms with van der Waals surface area (Å²) in [7, 11) is 1.62. The van der Waals surface area contributed by atoms with Crippen molar-refractivity contribution in [2.45, 2.75) is 19.3 Å². The number of methoxy groups -OCH3 is 1. The fourth-order valence-corrected chi connectivity index (χ4v) is 2.66. The molecule has 0 amide bonds. The highest BCUT2D eigenvalue weighted by molar-refractivity contribution is 5.87. The van der Waals surface area contributed by atoms with Gasteiger partial charge in [-0.15, -0.1) is 0 Å². The fraction of sp³-hybridized carbons (Fsp3) is 0.286. The zero-order valence-electron chi connectivity index (χ0n) is 10.6. The minimum atomic E-state index is -1.01. The van der Waals surface area contributed by atoms with Gasteiger partial charge in [-0.2, -0.15) is 5.10 Å². The van der Waals surface area contributed by atoms with Crippen molar-refractivity contribution in [2.24, 2.45) is 0 Å². The molecule has 2 N–H and O–H groups in total. The van der Waals surface area contributed by atoms with Crippen molar-refractivity contribution in [3.63, 3.8) is 0 Å². The van der Waals surface area contributed by atoms with Crippen LogP contribution in [0.25, 0.3) is 11.3 Å². The normalized spacial score (nSPS) is 13.3. The summed E-state index contributed by atoms with van der Waals surface area (Å²) in [6, 6.07) is 5.56. The first kappa shape index (κ1) is 11.8. The van der Waals surface area contributed by atoms with Crippen LogP contribution in [0.15, 0.2) is 18.2 Å². The van der Waals surface area contributed by atoms with Gasteiger partial charge in [-0.1, -0.05) is 6.07 Å². The number of benzene rings is 1. The van der Waals surface area contributed by atoms with Gasteiger partial charge in [0, 0.05) is 5.56 Å². The van der Waals surface area contributed by atoms with Gasteiger partial charge in [-0.25, -0.2) is 4.79 Å². The minimum Gasteiger partial charge on any atom is -0.496 e. The molecule has 0 atom stereocenters. The maximum Gasteiger partial charge on any atom is 0.353 e. The van der Waals surface area contributed by atoms with Crippen molar-refractivity contribution in [1.29, 1.82) is 0 Å². The lowest BCUT2D eigenvalue weighted by molar-refractivity contribution is 0.0690. The van der Waals surface area contributed by atoms with Crippen LogP contribution in [0.5, 0.6) is 5.75 Å². The zero-order chi connectivity index (χ0) is 13.4. The predicted molar refractivity (Wildman–Crippen MR) is 69.6 cm³/mol. The molecule has 98 valence electrons. The van der Waals surface area contributed by atoms with Gasteiger partial charge in [-0.3, -0.25) is 5.10 Å². The van der Waals surface area contributed by atoms with E-state index >= 15 is 0 Å². The topological polar surface area (TPSA) is 75.2 Å². The zero-order valence-corrected chi connectivity index (χ0v) is 10.6. The average molecular weight is 258 g/mol. The van der Waals surface area contributed by atoms with E-state index in [-0.39, 0.29) is 5.69 Å². The van der Waals surface area contributed by atoms with Crippen LogP contribution in [-0.4, -0.2) is 28.4 Å². The highest BCUT2D eigenvalue weighted by Crippen LogP contribution is 2.38. The van der Waals surface area contributed by atoms with Crippen molar-refractivity contribution in [3.05, 3.63) is 35.0 Å². The Labute approximate surface area is 110 Å². The van der Waals surface area contributed by atoms with E-state index in [4.69, 9.17) is 9.84 Å². The van der Waals surface area contributed by atoms with Crippen molar-refractivity contribution in [3.8, 4) is 17.0 Å². The Morgan fingerprint density at radius 2 is 2.26 bits per heavy atom. The van der Waals surface area contributed by atoms with Crippen LogP contribution < -0.4 is 4.74 Å². The molecular formula is C14H14N2O3. The number of ether oxygens (including phenoxy) is 1. The van der Waals surface area contributed by atoms with Gasteiger partial charge < -0.3 is 9.84 Å². The summed E-state index contributed by atoms with van der Waals surface area (Å²) in [5.74, 6) is -0.269. The highest BCUT2D eigenvalue weighted by Gasteiger charge is 2.22. The molecule has 1 aliphatic carbocycles. The molecule has 5 nitrogen and oxygen atoms in total. The Hall–Kier alpha value is -2.30. The lowest BCUT2D eigenvalue weighted by Gasteiger charge is -2.11. The van der Waals surface area contributed by atoms with Gasteiger partial charge in [0.1, 0.15) is 11.4 Å². The van der Waals surface area contributed by atoms with Crippen LogP contribution >= 0.6 is 0 Å². The van der Waals surface area contributed by atoms with Crippen molar-refractivity contribution >= 4 is 5.97 Å². The van der Waals surface area contributed by atoms with Gasteiger partial charge in [0.05, 0.1) is 12.8 Å². The number of H-pyrrole nitrogens is 1. The molecule has 0 aliphatic heterocycles. The molecule has 1 heterocycles. The number of rotatable bonds is 3. The number of aryl methyl sites for hydroxylation is 1. The molecule has 0 saturated heterocycles. The molecule has 0 saturated carbocycles. The third-order valence-electron chi connectivity index (χ3n) is 3.53. The summed E-state index contributed by atoms with van der Waals surface area (Å²) in [5, 5.41) is 15.6. The summed E-state index contributed by atoms with van der Waals surface area (Å²) < 4.78 is 5.39. The van der Waals surface area contributed by atoms with E-state index in [1.807, 2.05) is 6.07 Å². The second kappa shape index (κ2) is 4.42. The molecule has 19 heavy (non-hydrogen) atoms. The molecule has 0 fully saturated rings. The second-order valence-corrected chi connectivity index (χ2v) is 4.61. The summed E-state index contributed by atoms with van der Waals surface area (Å²) in [5.41, 5.74) is 4.17. The molecular weight excluding hydrogens is 244 g/mol. The van der Waals surface area contributed by atoms with Crippen LogP contribution in [0.4, 0.5) is 0 Å². The molecule has 5 heteroatoms. The van der Waals surface area contributed by atoms with E-state index < -0.39 is 5.97 Å². The van der Waals surface area contributed by atoms with E-state index in [0.29, 0.717) is 5.69 Å². The maximum absolute atomic E-state index is 10.9. The fourth-order valence-electron chi connectivity index (χ4n) is 2.66. The smallest absolute Gasteiger partial charge is 0.353 e. The highest BCUT2D eigenvalue weighted by atomic mass is 16.5. The number of carbonyl (C=O) groups is 1. The summed E-state index contributed by atoms with van der Waals surface area (Å²) in [6.45, 7) is 0. The van der Waals surface area contributed by atoms with Gasteiger partial charge in [0.25, 0.3) is 0 Å². The number of aromatic carboxylic acids is 1. The average Bonchev–Trinajstić information content (AvgIpc) is 3.06. The molecule has 2 aromatic rings. The quantitative estimate of drug-likeness (QED) is 0.885. The Morgan fingerprint density at radius 1 is 1.42 bits per heavy atom. The molecule has 3 rings (SSSR count). The predicted octanol–water partition coefficient (Wildman–Crippen LogP) is 2.27. The maximum atomic E-state index is 10.9. The van der Waals surface area contributed by atoms with Gasteiger partial charge in [0.2, 0.25) is 0 Å². The van der Waals surface area contributed by atoms with Gasteiger partial charge >= 0.3 is 5.97 Å². The lowest BCUT2D eigenvalue weighted by atomic mass is 9.99. The van der Waals surface area contributed by atoms with E-state index in [9.17, 15) is 4.79 Å². The van der Waals surface area contributed by atoms with Crippen LogP contribution in [0.1, 0.15) is 28.0 Å². The first-order chi connectivity index (χ1) is 9.20. The molecule has 1 aliphatic rings. The van der Waals surface area contributed by atoms with Crippen LogP contribution in [0.3, 0.4) is 0 Å². The molecule has 0 spiro atoms. The van der Waals surface area contributed by atoms with E-state index in [1.165, 1.54) is 11.1 Å². The van der Waals surface area contributed by atoms with E-state index in [1.54, 1.807) is 13.2 Å². The third-order valence-corrected chi connectivity index (χ3v) is 3.53.